The maximum Gasteiger partial charge on any atom is 0.307 e. The molecule has 0 aliphatic heterocycles. The van der Waals surface area contributed by atoms with Gasteiger partial charge < -0.3 is 20.7 Å². The van der Waals surface area contributed by atoms with Crippen molar-refractivity contribution in [2.24, 2.45) is 13.0 Å². The van der Waals surface area contributed by atoms with Crippen LogP contribution in [-0.2, 0) is 18.3 Å². The van der Waals surface area contributed by atoms with Crippen LogP contribution < -0.4 is 16.6 Å². The van der Waals surface area contributed by atoms with Crippen LogP contribution in [0.1, 0.15) is 52.7 Å². The second-order valence-corrected chi connectivity index (χ2v) is 10.9. The topological polar surface area (TPSA) is 110 Å². The summed E-state index contributed by atoms with van der Waals surface area (Å²) in [4.78, 5) is 27.6. The van der Waals surface area contributed by atoms with Crippen LogP contribution in [0.2, 0.25) is 0 Å². The van der Waals surface area contributed by atoms with Gasteiger partial charge in [-0.15, -0.1) is 0 Å². The van der Waals surface area contributed by atoms with E-state index < -0.39 is 5.97 Å². The van der Waals surface area contributed by atoms with Crippen molar-refractivity contribution < 1.29 is 9.90 Å². The van der Waals surface area contributed by atoms with E-state index in [1.54, 1.807) is 23.9 Å². The van der Waals surface area contributed by atoms with Gasteiger partial charge >= 0.3 is 5.97 Å². The molecule has 2 aromatic carbocycles. The van der Waals surface area contributed by atoms with Crippen LogP contribution >= 0.6 is 0 Å². The van der Waals surface area contributed by atoms with Crippen molar-refractivity contribution >= 4 is 17.3 Å². The van der Waals surface area contributed by atoms with Crippen LogP contribution in [0.5, 0.6) is 0 Å². The number of carboxylic acid groups (broad SMARTS) is 1. The van der Waals surface area contributed by atoms with E-state index in [0.717, 1.165) is 46.6 Å². The van der Waals surface area contributed by atoms with E-state index in [9.17, 15) is 14.7 Å². The summed E-state index contributed by atoms with van der Waals surface area (Å²) in [5.41, 5.74) is 18.4. The molecule has 4 N–H and O–H groups in total. The monoisotopic (exact) mass is 520 g/mol. The molecule has 3 atom stereocenters. The molecule has 7 nitrogen and oxygen atoms in total. The van der Waals surface area contributed by atoms with Crippen LogP contribution in [-0.4, -0.2) is 20.6 Å². The first kappa shape index (κ1) is 24.9. The number of aliphatic carboxylic acids is 1. The third kappa shape index (κ3) is 4.48. The molecule has 0 saturated heterocycles. The first-order chi connectivity index (χ1) is 18.7. The minimum Gasteiger partial charge on any atom is -0.481 e. The molecule has 39 heavy (non-hydrogen) atoms. The molecule has 2 aromatic heterocycles. The van der Waals surface area contributed by atoms with Crippen molar-refractivity contribution in [2.75, 3.05) is 11.1 Å². The average molecular weight is 521 g/mol. The highest BCUT2D eigenvalue weighted by Crippen LogP contribution is 2.47. The molecule has 2 heterocycles. The van der Waals surface area contributed by atoms with E-state index in [-0.39, 0.29) is 23.4 Å². The van der Waals surface area contributed by atoms with Gasteiger partial charge in [0.05, 0.1) is 23.8 Å². The van der Waals surface area contributed by atoms with Crippen molar-refractivity contribution in [3.63, 3.8) is 0 Å². The number of anilines is 2. The molecule has 0 spiro atoms. The average Bonchev–Trinajstić information content (AvgIpc) is 3.61. The number of aromatic nitrogens is 2. The summed E-state index contributed by atoms with van der Waals surface area (Å²) in [5, 5.41) is 12.8. The Morgan fingerprint density at radius 2 is 1.85 bits per heavy atom. The Hall–Kier alpha value is -4.39. The molecule has 4 aromatic rings. The minimum atomic E-state index is -0.745. The lowest BCUT2D eigenvalue weighted by atomic mass is 9.88. The smallest absolute Gasteiger partial charge is 0.307 e. The number of nitrogens with zero attached hydrogens (tertiary/aromatic N) is 2. The summed E-state index contributed by atoms with van der Waals surface area (Å²) >= 11 is 0. The van der Waals surface area contributed by atoms with Gasteiger partial charge in [0.15, 0.2) is 0 Å². The zero-order valence-electron chi connectivity index (χ0n) is 22.4. The highest BCUT2D eigenvalue weighted by molar-refractivity contribution is 5.81. The third-order valence-corrected chi connectivity index (χ3v) is 8.26. The Morgan fingerprint density at radius 1 is 1.08 bits per heavy atom. The number of rotatable bonds is 6. The molecule has 0 bridgehead atoms. The number of fused-ring (bicyclic) bond motifs is 1. The molecule has 198 valence electrons. The Balaban J connectivity index is 1.29. The van der Waals surface area contributed by atoms with Gasteiger partial charge in [0.1, 0.15) is 0 Å². The van der Waals surface area contributed by atoms with E-state index in [2.05, 4.69) is 42.3 Å². The second kappa shape index (κ2) is 9.42. The van der Waals surface area contributed by atoms with Crippen molar-refractivity contribution in [1.82, 2.24) is 9.55 Å². The minimum absolute atomic E-state index is 0.0219. The van der Waals surface area contributed by atoms with E-state index >= 15 is 0 Å². The predicted octanol–water partition coefficient (Wildman–Crippen LogP) is 5.60. The van der Waals surface area contributed by atoms with Gasteiger partial charge in [-0.3, -0.25) is 14.6 Å². The fourth-order valence-corrected chi connectivity index (χ4v) is 6.20. The molecule has 2 aliphatic carbocycles. The number of carbonyl (C=O) groups is 1. The lowest BCUT2D eigenvalue weighted by molar-refractivity contribution is -0.138. The third-order valence-electron chi connectivity index (χ3n) is 8.26. The first-order valence-electron chi connectivity index (χ1n) is 13.4. The Kier molecular flexibility index (Phi) is 6.02. The van der Waals surface area contributed by atoms with Crippen molar-refractivity contribution in [3.8, 4) is 22.3 Å². The maximum atomic E-state index is 11.9. The summed E-state index contributed by atoms with van der Waals surface area (Å²) in [7, 11) is 1.77. The molecule has 0 radical (unpaired) electrons. The Labute approximate surface area is 227 Å². The van der Waals surface area contributed by atoms with Crippen LogP contribution in [0, 0.1) is 19.8 Å². The Morgan fingerprint density at radius 3 is 2.49 bits per heavy atom. The number of pyridine rings is 2. The fraction of sp³-hybridized carbons (Fsp3) is 0.281. The number of hydrogen-bond donors (Lipinski definition) is 3. The van der Waals surface area contributed by atoms with Gasteiger partial charge in [-0.1, -0.05) is 18.2 Å². The van der Waals surface area contributed by atoms with Crippen LogP contribution in [0.25, 0.3) is 22.3 Å². The lowest BCUT2D eigenvalue weighted by Gasteiger charge is -2.20. The SMILES string of the molecule is Cc1cc(-c2ccc(=O)n(C)c2)cc(C)c1-c1ccc(N)c2c1CC[C@H]2Nc1ccc([C@H]2C[C@@H]2C(=O)O)nc1. The van der Waals surface area contributed by atoms with Crippen LogP contribution in [0.4, 0.5) is 11.4 Å². The predicted molar refractivity (Wildman–Crippen MR) is 154 cm³/mol. The zero-order valence-corrected chi connectivity index (χ0v) is 22.4. The normalized spacial score (nSPS) is 19.5. The summed E-state index contributed by atoms with van der Waals surface area (Å²) < 4.78 is 1.61. The van der Waals surface area contributed by atoms with E-state index in [4.69, 9.17) is 5.73 Å². The first-order valence-corrected chi connectivity index (χ1v) is 13.4. The van der Waals surface area contributed by atoms with Gasteiger partial charge in [0.25, 0.3) is 0 Å². The quantitative estimate of drug-likeness (QED) is 0.286. The maximum absolute atomic E-state index is 11.9. The lowest BCUT2D eigenvalue weighted by Crippen LogP contribution is -2.13. The standard InChI is InChI=1S/C32H32N4O3/c1-17-12-20(19-4-11-29(37)36(3)16-19)13-18(2)30(17)22-6-8-26(33)31-23(22)7-10-28(31)35-21-5-9-27(34-15-21)24-14-25(24)32(38)39/h4-6,8-9,11-13,15-16,24-25,28,35H,7,10,14,33H2,1-3H3,(H,38,39)/t24-,25-,28+/m0/s1. The van der Waals surface area contributed by atoms with E-state index in [0.29, 0.717) is 6.42 Å². The zero-order chi connectivity index (χ0) is 27.4. The molecule has 6 rings (SSSR count). The van der Waals surface area contributed by atoms with Crippen molar-refractivity contribution in [3.05, 3.63) is 99.2 Å². The molecule has 7 heteroatoms. The Bertz CT molecular complexity index is 1650. The fourth-order valence-electron chi connectivity index (χ4n) is 6.20. The molecular formula is C32H32N4O3. The van der Waals surface area contributed by atoms with Crippen LogP contribution in [0.3, 0.4) is 0 Å². The molecule has 0 amide bonds. The van der Waals surface area contributed by atoms with Gasteiger partial charge in [0, 0.05) is 42.2 Å². The molecule has 1 saturated carbocycles. The highest BCUT2D eigenvalue weighted by atomic mass is 16.4. The van der Waals surface area contributed by atoms with Gasteiger partial charge in [0.2, 0.25) is 5.56 Å². The van der Waals surface area contributed by atoms with Crippen LogP contribution in [0.15, 0.2) is 65.7 Å². The summed E-state index contributed by atoms with van der Waals surface area (Å²) in [6, 6.07) is 16.0. The second-order valence-electron chi connectivity index (χ2n) is 10.9. The highest BCUT2D eigenvalue weighted by Gasteiger charge is 2.45. The number of nitrogen functional groups attached to an aromatic ring is 1. The van der Waals surface area contributed by atoms with E-state index in [1.165, 1.54) is 27.8 Å². The molecular weight excluding hydrogens is 488 g/mol. The molecule has 2 aliphatic rings. The van der Waals surface area contributed by atoms with Gasteiger partial charge in [-0.25, -0.2) is 0 Å². The summed E-state index contributed by atoms with van der Waals surface area (Å²) in [6.07, 6.45) is 6.19. The summed E-state index contributed by atoms with van der Waals surface area (Å²) in [5.74, 6) is -1.03. The number of carboxylic acids is 1. The molecule has 1 fully saturated rings. The molecule has 0 unspecified atom stereocenters. The van der Waals surface area contributed by atoms with Gasteiger partial charge in [-0.2, -0.15) is 0 Å². The number of aryl methyl sites for hydroxylation is 3. The van der Waals surface area contributed by atoms with Gasteiger partial charge in [-0.05, 0) is 96.3 Å². The number of benzene rings is 2. The van der Waals surface area contributed by atoms with Crippen molar-refractivity contribution in [2.45, 2.75) is 45.1 Å². The van der Waals surface area contributed by atoms with Crippen molar-refractivity contribution in [1.29, 1.82) is 0 Å². The number of nitrogens with two attached hydrogens (primary N) is 1. The van der Waals surface area contributed by atoms with E-state index in [1.807, 2.05) is 30.5 Å². The summed E-state index contributed by atoms with van der Waals surface area (Å²) in [6.45, 7) is 4.28. The largest absolute Gasteiger partial charge is 0.481 e. The number of nitrogens with one attached hydrogen (secondary N) is 1. The number of hydrogen-bond acceptors (Lipinski definition) is 5.